The van der Waals surface area contributed by atoms with Gasteiger partial charge in [0.25, 0.3) is 0 Å². The molecule has 13 heavy (non-hydrogen) atoms. The van der Waals surface area contributed by atoms with E-state index in [1.807, 2.05) is 4.57 Å². The van der Waals surface area contributed by atoms with Crippen LogP contribution in [-0.4, -0.2) is 14.8 Å². The zero-order chi connectivity index (χ0) is 9.68. The highest BCUT2D eigenvalue weighted by Crippen LogP contribution is 2.09. The van der Waals surface area contributed by atoms with Crippen LogP contribution in [0.25, 0.3) is 0 Å². The number of hydrogen-bond donors (Lipinski definition) is 0. The van der Waals surface area contributed by atoms with Crippen molar-refractivity contribution in [2.45, 2.75) is 39.7 Å². The molecular weight excluding hydrogens is 186 g/mol. The molecule has 0 saturated heterocycles. The molecule has 4 heteroatoms. The summed E-state index contributed by atoms with van der Waals surface area (Å²) in [5.74, 6) is 0.788. The number of aromatic nitrogens is 3. The Hall–Kier alpha value is -0.570. The summed E-state index contributed by atoms with van der Waals surface area (Å²) in [4.78, 5) is 0. The zero-order valence-electron chi connectivity index (χ0n) is 8.20. The molecule has 0 spiro atoms. The molecule has 74 valence electrons. The van der Waals surface area contributed by atoms with Gasteiger partial charge in [-0.05, 0) is 23.9 Å². The standard InChI is InChI=1S/C9H16ClN3/c1-8(2)5-3-4-6-13-7-11-12-9(13)10/h7-8H,3-6H2,1-2H3. The summed E-state index contributed by atoms with van der Waals surface area (Å²) in [6.45, 7) is 5.41. The van der Waals surface area contributed by atoms with Crippen LogP contribution in [0.4, 0.5) is 0 Å². The van der Waals surface area contributed by atoms with Crippen molar-refractivity contribution in [2.75, 3.05) is 0 Å². The lowest BCUT2D eigenvalue weighted by Crippen LogP contribution is -1.97. The van der Waals surface area contributed by atoms with Crippen LogP contribution in [0.1, 0.15) is 33.1 Å². The summed E-state index contributed by atoms with van der Waals surface area (Å²) < 4.78 is 1.88. The Morgan fingerprint density at radius 3 is 2.77 bits per heavy atom. The van der Waals surface area contributed by atoms with Crippen molar-refractivity contribution >= 4 is 11.6 Å². The minimum atomic E-state index is 0.490. The van der Waals surface area contributed by atoms with Gasteiger partial charge in [-0.3, -0.25) is 0 Å². The smallest absolute Gasteiger partial charge is 0.224 e. The highest BCUT2D eigenvalue weighted by atomic mass is 35.5. The normalized spacial score (nSPS) is 11.1. The van der Waals surface area contributed by atoms with Crippen LogP contribution in [0.3, 0.4) is 0 Å². The Morgan fingerprint density at radius 1 is 1.46 bits per heavy atom. The largest absolute Gasteiger partial charge is 0.304 e. The summed E-state index contributed by atoms with van der Waals surface area (Å²) in [6.07, 6.45) is 5.35. The van der Waals surface area contributed by atoms with Crippen LogP contribution in [0, 0.1) is 5.92 Å². The average Bonchev–Trinajstić information content (AvgIpc) is 2.45. The molecule has 0 fully saturated rings. The van der Waals surface area contributed by atoms with E-state index in [4.69, 9.17) is 11.6 Å². The van der Waals surface area contributed by atoms with Crippen molar-refractivity contribution in [2.24, 2.45) is 5.92 Å². The van der Waals surface area contributed by atoms with E-state index in [9.17, 15) is 0 Å². The third kappa shape index (κ3) is 3.77. The molecule has 1 aromatic rings. The van der Waals surface area contributed by atoms with Gasteiger partial charge in [0.15, 0.2) is 0 Å². The molecule has 0 aromatic carbocycles. The predicted octanol–water partition coefficient (Wildman–Crippen LogP) is 2.76. The molecule has 0 N–H and O–H groups in total. The molecular formula is C9H16ClN3. The van der Waals surface area contributed by atoms with E-state index < -0.39 is 0 Å². The van der Waals surface area contributed by atoms with Gasteiger partial charge in [0.2, 0.25) is 5.28 Å². The summed E-state index contributed by atoms with van der Waals surface area (Å²) >= 11 is 5.77. The molecule has 3 nitrogen and oxygen atoms in total. The lowest BCUT2D eigenvalue weighted by atomic mass is 10.1. The number of aryl methyl sites for hydroxylation is 1. The predicted molar refractivity (Wildman–Crippen MR) is 53.7 cm³/mol. The minimum Gasteiger partial charge on any atom is -0.304 e. The number of unbranched alkanes of at least 4 members (excludes halogenated alkanes) is 1. The lowest BCUT2D eigenvalue weighted by molar-refractivity contribution is 0.509. The zero-order valence-corrected chi connectivity index (χ0v) is 8.96. The van der Waals surface area contributed by atoms with Crippen molar-refractivity contribution in [1.29, 1.82) is 0 Å². The van der Waals surface area contributed by atoms with Gasteiger partial charge in [0.1, 0.15) is 6.33 Å². The second kappa shape index (κ2) is 5.22. The van der Waals surface area contributed by atoms with E-state index in [2.05, 4.69) is 24.0 Å². The molecule has 0 bridgehead atoms. The van der Waals surface area contributed by atoms with E-state index in [1.165, 1.54) is 12.8 Å². The molecule has 1 aromatic heterocycles. The van der Waals surface area contributed by atoms with Gasteiger partial charge in [-0.2, -0.15) is 0 Å². The number of halogens is 1. The Bertz CT molecular complexity index is 245. The molecule has 1 rings (SSSR count). The van der Waals surface area contributed by atoms with E-state index in [-0.39, 0.29) is 0 Å². The van der Waals surface area contributed by atoms with Crippen LogP contribution in [0.15, 0.2) is 6.33 Å². The first-order valence-corrected chi connectivity index (χ1v) is 5.11. The highest BCUT2D eigenvalue weighted by Gasteiger charge is 1.99. The van der Waals surface area contributed by atoms with Crippen LogP contribution in [0.5, 0.6) is 0 Å². The monoisotopic (exact) mass is 201 g/mol. The van der Waals surface area contributed by atoms with Crippen molar-refractivity contribution in [3.8, 4) is 0 Å². The van der Waals surface area contributed by atoms with Crippen molar-refractivity contribution in [3.05, 3.63) is 11.6 Å². The maximum atomic E-state index is 5.77. The number of rotatable bonds is 5. The number of nitrogens with zero attached hydrogens (tertiary/aromatic N) is 3. The Labute approximate surface area is 84.1 Å². The maximum Gasteiger partial charge on any atom is 0.224 e. The van der Waals surface area contributed by atoms with Gasteiger partial charge in [0, 0.05) is 6.54 Å². The lowest BCUT2D eigenvalue weighted by Gasteiger charge is -2.04. The molecule has 0 aliphatic heterocycles. The second-order valence-corrected chi connectivity index (χ2v) is 4.02. The molecule has 0 radical (unpaired) electrons. The molecule has 0 saturated carbocycles. The maximum absolute atomic E-state index is 5.77. The third-order valence-electron chi connectivity index (χ3n) is 2.00. The third-order valence-corrected chi connectivity index (χ3v) is 2.29. The van der Waals surface area contributed by atoms with Gasteiger partial charge in [-0.1, -0.05) is 26.7 Å². The molecule has 0 unspecified atom stereocenters. The van der Waals surface area contributed by atoms with Crippen LogP contribution < -0.4 is 0 Å². The second-order valence-electron chi connectivity index (χ2n) is 3.68. The van der Waals surface area contributed by atoms with E-state index in [1.54, 1.807) is 6.33 Å². The van der Waals surface area contributed by atoms with Gasteiger partial charge in [0.05, 0.1) is 0 Å². The average molecular weight is 202 g/mol. The van der Waals surface area contributed by atoms with Gasteiger partial charge in [-0.25, -0.2) is 0 Å². The number of hydrogen-bond acceptors (Lipinski definition) is 2. The molecule has 1 heterocycles. The van der Waals surface area contributed by atoms with E-state index in [0.29, 0.717) is 5.28 Å². The first-order valence-electron chi connectivity index (χ1n) is 4.73. The fraction of sp³-hybridized carbons (Fsp3) is 0.778. The summed E-state index contributed by atoms with van der Waals surface area (Å²) in [5.41, 5.74) is 0. The summed E-state index contributed by atoms with van der Waals surface area (Å²) in [5, 5.41) is 7.92. The topological polar surface area (TPSA) is 30.7 Å². The van der Waals surface area contributed by atoms with Gasteiger partial charge in [-0.15, -0.1) is 10.2 Å². The SMILES string of the molecule is CC(C)CCCCn1cnnc1Cl. The molecule has 0 atom stereocenters. The Morgan fingerprint density at radius 2 is 2.23 bits per heavy atom. The Kier molecular flexibility index (Phi) is 4.22. The van der Waals surface area contributed by atoms with E-state index >= 15 is 0 Å². The molecule has 0 aliphatic carbocycles. The fourth-order valence-corrected chi connectivity index (χ4v) is 1.40. The van der Waals surface area contributed by atoms with E-state index in [0.717, 1.165) is 18.9 Å². The van der Waals surface area contributed by atoms with Gasteiger partial charge < -0.3 is 4.57 Å². The minimum absolute atomic E-state index is 0.490. The molecule has 0 amide bonds. The highest BCUT2D eigenvalue weighted by molar-refractivity contribution is 6.28. The van der Waals surface area contributed by atoms with Crippen LogP contribution in [0.2, 0.25) is 5.28 Å². The van der Waals surface area contributed by atoms with Crippen molar-refractivity contribution in [3.63, 3.8) is 0 Å². The van der Waals surface area contributed by atoms with Crippen molar-refractivity contribution < 1.29 is 0 Å². The fourth-order valence-electron chi connectivity index (χ4n) is 1.23. The first-order chi connectivity index (χ1) is 6.20. The quantitative estimate of drug-likeness (QED) is 0.686. The molecule has 0 aliphatic rings. The van der Waals surface area contributed by atoms with Crippen LogP contribution >= 0.6 is 11.6 Å². The first kappa shape index (κ1) is 10.5. The van der Waals surface area contributed by atoms with Crippen LogP contribution in [-0.2, 0) is 6.54 Å². The summed E-state index contributed by atoms with van der Waals surface area (Å²) in [6, 6.07) is 0. The van der Waals surface area contributed by atoms with Crippen molar-refractivity contribution in [1.82, 2.24) is 14.8 Å². The Balaban J connectivity index is 2.17. The van der Waals surface area contributed by atoms with Gasteiger partial charge >= 0.3 is 0 Å². The summed E-state index contributed by atoms with van der Waals surface area (Å²) in [7, 11) is 0.